The summed E-state index contributed by atoms with van der Waals surface area (Å²) in [5.74, 6) is 0. The van der Waals surface area contributed by atoms with Gasteiger partial charge < -0.3 is 15.3 Å². The van der Waals surface area contributed by atoms with Crippen molar-refractivity contribution in [3.05, 3.63) is 65.1 Å². The van der Waals surface area contributed by atoms with Crippen molar-refractivity contribution in [3.63, 3.8) is 0 Å². The van der Waals surface area contributed by atoms with E-state index in [2.05, 4.69) is 63.8 Å². The number of aromatic nitrogens is 2. The summed E-state index contributed by atoms with van der Waals surface area (Å²) < 4.78 is 0. The smallest absolute Gasteiger partial charge is 0.0474 e. The molecule has 0 radical (unpaired) electrons. The molecule has 0 bridgehead atoms. The van der Waals surface area contributed by atoms with Crippen LogP contribution in [0.4, 0.5) is 5.69 Å². The van der Waals surface area contributed by atoms with Crippen LogP contribution in [0.3, 0.4) is 0 Å². The average Bonchev–Trinajstić information content (AvgIpc) is 3.09. The first-order valence-corrected chi connectivity index (χ1v) is 7.28. The van der Waals surface area contributed by atoms with Crippen LogP contribution >= 0.6 is 0 Å². The van der Waals surface area contributed by atoms with Gasteiger partial charge in [0.15, 0.2) is 0 Å². The standard InChI is InChI=1S/C18H17N3/c1-2-4-15(11-17-13(3-1)7-9-19-17)21-16-6-5-14-8-10-20-18(14)12-16/h3-12,19-21H,1-2H2/b13-3?,15-4+,17-11+. The fraction of sp³-hybridized carbons (Fsp3) is 0.111. The van der Waals surface area contributed by atoms with E-state index >= 15 is 0 Å². The van der Waals surface area contributed by atoms with E-state index in [9.17, 15) is 0 Å². The van der Waals surface area contributed by atoms with Crippen LogP contribution in [0.5, 0.6) is 0 Å². The van der Waals surface area contributed by atoms with Crippen LogP contribution in [0.1, 0.15) is 12.8 Å². The highest BCUT2D eigenvalue weighted by atomic mass is 14.9. The number of anilines is 1. The molecule has 1 aliphatic rings. The molecule has 2 heterocycles. The second-order valence-electron chi connectivity index (χ2n) is 5.34. The Labute approximate surface area is 122 Å². The number of rotatable bonds is 2. The molecule has 3 aromatic rings. The summed E-state index contributed by atoms with van der Waals surface area (Å²) in [7, 11) is 0. The van der Waals surface area contributed by atoms with Gasteiger partial charge in [0, 0.05) is 34.6 Å². The van der Waals surface area contributed by atoms with Gasteiger partial charge >= 0.3 is 0 Å². The third kappa shape index (κ3) is 2.38. The van der Waals surface area contributed by atoms with Crippen molar-refractivity contribution >= 4 is 28.7 Å². The molecule has 1 aromatic carbocycles. The molecule has 0 saturated carbocycles. The lowest BCUT2D eigenvalue weighted by atomic mass is 10.1. The highest BCUT2D eigenvalue weighted by molar-refractivity contribution is 5.83. The van der Waals surface area contributed by atoms with Gasteiger partial charge in [-0.3, -0.25) is 0 Å². The number of hydrogen-bond donors (Lipinski definition) is 3. The summed E-state index contributed by atoms with van der Waals surface area (Å²) in [6.07, 6.45) is 12.8. The van der Waals surface area contributed by atoms with Gasteiger partial charge in [-0.25, -0.2) is 0 Å². The minimum absolute atomic E-state index is 1.05. The quantitative estimate of drug-likeness (QED) is 0.661. The predicted molar refractivity (Wildman–Crippen MR) is 88.2 cm³/mol. The van der Waals surface area contributed by atoms with Gasteiger partial charge in [-0.15, -0.1) is 0 Å². The normalized spacial score (nSPS) is 18.5. The first-order valence-electron chi connectivity index (χ1n) is 7.28. The number of aromatic amines is 2. The van der Waals surface area contributed by atoms with E-state index < -0.39 is 0 Å². The van der Waals surface area contributed by atoms with Crippen molar-refractivity contribution in [2.45, 2.75) is 12.8 Å². The summed E-state index contributed by atoms with van der Waals surface area (Å²) in [4.78, 5) is 6.54. The molecule has 3 nitrogen and oxygen atoms in total. The van der Waals surface area contributed by atoms with E-state index in [0.29, 0.717) is 0 Å². The van der Waals surface area contributed by atoms with Gasteiger partial charge in [0.05, 0.1) is 0 Å². The largest absolute Gasteiger partial charge is 0.361 e. The lowest BCUT2D eigenvalue weighted by Gasteiger charge is -2.08. The Morgan fingerprint density at radius 1 is 0.905 bits per heavy atom. The maximum absolute atomic E-state index is 3.51. The molecule has 21 heavy (non-hydrogen) atoms. The molecule has 0 spiro atoms. The van der Waals surface area contributed by atoms with Gasteiger partial charge in [-0.1, -0.05) is 18.2 Å². The zero-order valence-corrected chi connectivity index (χ0v) is 11.7. The molecule has 3 N–H and O–H groups in total. The fourth-order valence-corrected chi connectivity index (χ4v) is 2.77. The van der Waals surface area contributed by atoms with Crippen molar-refractivity contribution in [1.82, 2.24) is 9.97 Å². The van der Waals surface area contributed by atoms with Crippen LogP contribution in [0.2, 0.25) is 0 Å². The Hall–Kier alpha value is -2.68. The minimum atomic E-state index is 1.05. The van der Waals surface area contributed by atoms with Crippen LogP contribution in [-0.2, 0) is 0 Å². The number of hydrogen-bond acceptors (Lipinski definition) is 1. The summed E-state index contributed by atoms with van der Waals surface area (Å²) in [6, 6.07) is 10.6. The van der Waals surface area contributed by atoms with Crippen molar-refractivity contribution in [3.8, 4) is 0 Å². The molecule has 104 valence electrons. The number of nitrogens with one attached hydrogen (secondary N) is 3. The van der Waals surface area contributed by atoms with Gasteiger partial charge in [0.25, 0.3) is 0 Å². The highest BCUT2D eigenvalue weighted by Crippen LogP contribution is 2.19. The summed E-state index contributed by atoms with van der Waals surface area (Å²) in [5.41, 5.74) is 3.39. The minimum Gasteiger partial charge on any atom is -0.361 e. The first-order chi connectivity index (χ1) is 10.4. The Kier molecular flexibility index (Phi) is 2.89. The molecule has 0 atom stereocenters. The monoisotopic (exact) mass is 275 g/mol. The van der Waals surface area contributed by atoms with Gasteiger partial charge in [-0.2, -0.15) is 0 Å². The molecule has 1 aliphatic carbocycles. The van der Waals surface area contributed by atoms with E-state index in [1.54, 1.807) is 0 Å². The van der Waals surface area contributed by atoms with Crippen molar-refractivity contribution in [1.29, 1.82) is 0 Å². The van der Waals surface area contributed by atoms with Crippen LogP contribution < -0.4 is 15.9 Å². The third-order valence-electron chi connectivity index (χ3n) is 3.85. The molecule has 0 fully saturated rings. The van der Waals surface area contributed by atoms with Crippen LogP contribution in [0, 0.1) is 0 Å². The predicted octanol–water partition coefficient (Wildman–Crippen LogP) is 2.85. The Balaban J connectivity index is 1.71. The van der Waals surface area contributed by atoms with Gasteiger partial charge in [-0.05, 0) is 53.8 Å². The molecule has 3 heteroatoms. The van der Waals surface area contributed by atoms with Gasteiger partial charge in [0.2, 0.25) is 0 Å². The Bertz CT molecular complexity index is 925. The molecular weight excluding hydrogens is 258 g/mol. The van der Waals surface area contributed by atoms with Crippen molar-refractivity contribution in [2.75, 3.05) is 5.32 Å². The maximum atomic E-state index is 3.51. The number of H-pyrrole nitrogens is 2. The van der Waals surface area contributed by atoms with Gasteiger partial charge in [0.1, 0.15) is 0 Å². The second kappa shape index (κ2) is 5.02. The Morgan fingerprint density at radius 2 is 1.81 bits per heavy atom. The third-order valence-corrected chi connectivity index (χ3v) is 3.85. The molecule has 4 rings (SSSR count). The van der Waals surface area contributed by atoms with Crippen molar-refractivity contribution < 1.29 is 0 Å². The highest BCUT2D eigenvalue weighted by Gasteiger charge is 2.01. The SMILES string of the molecule is C1=c2cc[nH]/c2=C/C(Nc2ccc3cc[nH]c3c2)=C\CC1. The van der Waals surface area contributed by atoms with Crippen molar-refractivity contribution in [2.24, 2.45) is 0 Å². The van der Waals surface area contributed by atoms with E-state index in [4.69, 9.17) is 0 Å². The average molecular weight is 275 g/mol. The molecule has 0 saturated heterocycles. The number of benzene rings is 1. The van der Waals surface area contributed by atoms with E-state index in [1.165, 1.54) is 10.6 Å². The Morgan fingerprint density at radius 3 is 2.81 bits per heavy atom. The topological polar surface area (TPSA) is 43.6 Å². The lowest BCUT2D eigenvalue weighted by molar-refractivity contribution is 1.08. The zero-order valence-electron chi connectivity index (χ0n) is 11.7. The molecule has 0 aliphatic heterocycles. The molecule has 0 unspecified atom stereocenters. The fourth-order valence-electron chi connectivity index (χ4n) is 2.77. The maximum Gasteiger partial charge on any atom is 0.0474 e. The second-order valence-corrected chi connectivity index (χ2v) is 5.34. The van der Waals surface area contributed by atoms with E-state index in [1.807, 2.05) is 12.4 Å². The zero-order chi connectivity index (χ0) is 14.1. The molecule has 2 aromatic heterocycles. The van der Waals surface area contributed by atoms with Crippen LogP contribution in [-0.4, -0.2) is 9.97 Å². The summed E-state index contributed by atoms with van der Waals surface area (Å²) in [6.45, 7) is 0. The molecular formula is C18H17N3. The lowest BCUT2D eigenvalue weighted by Crippen LogP contribution is -2.23. The van der Waals surface area contributed by atoms with Crippen LogP contribution in [0.15, 0.2) is 54.5 Å². The van der Waals surface area contributed by atoms with Crippen LogP contribution in [0.25, 0.3) is 23.1 Å². The number of fused-ring (bicyclic) bond motifs is 2. The first kappa shape index (κ1) is 12.1. The number of allylic oxidation sites excluding steroid dienone is 2. The van der Waals surface area contributed by atoms with E-state index in [-0.39, 0.29) is 0 Å². The van der Waals surface area contributed by atoms with E-state index in [0.717, 1.165) is 35.1 Å². The summed E-state index contributed by atoms with van der Waals surface area (Å²) >= 11 is 0. The molecule has 0 amide bonds. The summed E-state index contributed by atoms with van der Waals surface area (Å²) in [5, 5.41) is 7.19.